The molecule has 100 valence electrons. The van der Waals surface area contributed by atoms with E-state index in [0.717, 1.165) is 6.42 Å². The number of rotatable bonds is 6. The summed E-state index contributed by atoms with van der Waals surface area (Å²) in [6, 6.07) is 1.32. The van der Waals surface area contributed by atoms with E-state index in [1.165, 1.54) is 12.3 Å². The standard InChI is InChI=1S/C12H18N2O4/c1-3-8(2)14-12(17)7-18-11-5-13-9(6-15)4-10(11)16/h4-5,8,15H,3,6-7H2,1-2H3,(H,13,16)(H,14,17). The Hall–Kier alpha value is -1.82. The number of H-pyrrole nitrogens is 1. The molecule has 1 heterocycles. The zero-order valence-corrected chi connectivity index (χ0v) is 10.5. The zero-order valence-electron chi connectivity index (χ0n) is 10.5. The van der Waals surface area contributed by atoms with E-state index in [2.05, 4.69) is 10.3 Å². The van der Waals surface area contributed by atoms with E-state index in [1.807, 2.05) is 13.8 Å². The van der Waals surface area contributed by atoms with Crippen molar-refractivity contribution in [2.75, 3.05) is 6.61 Å². The fourth-order valence-electron chi connectivity index (χ4n) is 1.27. The van der Waals surface area contributed by atoms with E-state index in [4.69, 9.17) is 9.84 Å². The molecule has 0 aliphatic rings. The number of nitrogens with one attached hydrogen (secondary N) is 2. The molecule has 0 fully saturated rings. The van der Waals surface area contributed by atoms with Gasteiger partial charge in [-0.3, -0.25) is 9.59 Å². The molecule has 0 saturated carbocycles. The molecule has 0 saturated heterocycles. The highest BCUT2D eigenvalue weighted by molar-refractivity contribution is 5.77. The molecule has 0 aliphatic carbocycles. The van der Waals surface area contributed by atoms with Gasteiger partial charge < -0.3 is 20.1 Å². The van der Waals surface area contributed by atoms with Crippen molar-refractivity contribution in [3.8, 4) is 5.75 Å². The summed E-state index contributed by atoms with van der Waals surface area (Å²) in [4.78, 5) is 25.6. The number of aromatic nitrogens is 1. The molecule has 6 nitrogen and oxygen atoms in total. The molecule has 18 heavy (non-hydrogen) atoms. The molecule has 0 bridgehead atoms. The van der Waals surface area contributed by atoms with Gasteiger partial charge in [-0.25, -0.2) is 0 Å². The minimum absolute atomic E-state index is 0.0616. The van der Waals surface area contributed by atoms with Gasteiger partial charge in [0.05, 0.1) is 6.61 Å². The van der Waals surface area contributed by atoms with E-state index in [0.29, 0.717) is 5.69 Å². The number of carbonyl (C=O) groups excluding carboxylic acids is 1. The summed E-state index contributed by atoms with van der Waals surface area (Å²) >= 11 is 0. The Morgan fingerprint density at radius 1 is 1.61 bits per heavy atom. The second-order valence-corrected chi connectivity index (χ2v) is 4.01. The van der Waals surface area contributed by atoms with Crippen molar-refractivity contribution in [2.45, 2.75) is 32.9 Å². The van der Waals surface area contributed by atoms with Crippen molar-refractivity contribution in [2.24, 2.45) is 0 Å². The summed E-state index contributed by atoms with van der Waals surface area (Å²) in [5.41, 5.74) is 0.0329. The first kappa shape index (κ1) is 14.2. The molecule has 1 atom stereocenters. The van der Waals surface area contributed by atoms with Gasteiger partial charge in [0.1, 0.15) is 0 Å². The Bertz CT molecular complexity index is 456. The van der Waals surface area contributed by atoms with Gasteiger partial charge in [0, 0.05) is 24.0 Å². The predicted octanol–water partition coefficient (Wildman–Crippen LogP) is 0.161. The maximum atomic E-state index is 11.5. The molecule has 1 unspecified atom stereocenters. The summed E-state index contributed by atoms with van der Waals surface area (Å²) < 4.78 is 5.11. The Morgan fingerprint density at radius 2 is 2.33 bits per heavy atom. The van der Waals surface area contributed by atoms with Gasteiger partial charge in [0.2, 0.25) is 5.43 Å². The van der Waals surface area contributed by atoms with Crippen LogP contribution in [0.4, 0.5) is 0 Å². The van der Waals surface area contributed by atoms with Crippen LogP contribution in [0.1, 0.15) is 26.0 Å². The number of aliphatic hydroxyl groups excluding tert-OH is 1. The van der Waals surface area contributed by atoms with Crippen LogP contribution in [0.5, 0.6) is 5.75 Å². The van der Waals surface area contributed by atoms with Gasteiger partial charge in [-0.15, -0.1) is 0 Å². The number of aliphatic hydroxyl groups is 1. The Labute approximate surface area is 105 Å². The average molecular weight is 254 g/mol. The first-order chi connectivity index (χ1) is 8.56. The molecule has 3 N–H and O–H groups in total. The maximum absolute atomic E-state index is 11.5. The third kappa shape index (κ3) is 4.21. The van der Waals surface area contributed by atoms with Crippen LogP contribution >= 0.6 is 0 Å². The van der Waals surface area contributed by atoms with E-state index in [1.54, 1.807) is 0 Å². The Balaban J connectivity index is 2.53. The van der Waals surface area contributed by atoms with Crippen molar-refractivity contribution in [1.82, 2.24) is 10.3 Å². The molecule has 1 amide bonds. The maximum Gasteiger partial charge on any atom is 0.258 e. The van der Waals surface area contributed by atoms with E-state index >= 15 is 0 Å². The molecule has 1 aromatic heterocycles. The van der Waals surface area contributed by atoms with Crippen molar-refractivity contribution >= 4 is 5.91 Å². The van der Waals surface area contributed by atoms with Crippen LogP contribution in [0.25, 0.3) is 0 Å². The predicted molar refractivity (Wildman–Crippen MR) is 66.4 cm³/mol. The molecule has 1 aromatic rings. The SMILES string of the molecule is CCC(C)NC(=O)COc1c[nH]c(CO)cc1=O. The molecular formula is C12H18N2O4. The number of hydrogen-bond acceptors (Lipinski definition) is 4. The second-order valence-electron chi connectivity index (χ2n) is 4.01. The zero-order chi connectivity index (χ0) is 13.5. The van der Waals surface area contributed by atoms with Crippen molar-refractivity contribution < 1.29 is 14.6 Å². The third-order valence-corrected chi connectivity index (χ3v) is 2.49. The fraction of sp³-hybridized carbons (Fsp3) is 0.500. The highest BCUT2D eigenvalue weighted by Gasteiger charge is 2.08. The molecule has 6 heteroatoms. The lowest BCUT2D eigenvalue weighted by atomic mass is 10.2. The number of carbonyl (C=O) groups is 1. The highest BCUT2D eigenvalue weighted by Crippen LogP contribution is 2.01. The number of ether oxygens (including phenoxy) is 1. The lowest BCUT2D eigenvalue weighted by Gasteiger charge is -2.11. The van der Waals surface area contributed by atoms with Crippen LogP contribution < -0.4 is 15.5 Å². The van der Waals surface area contributed by atoms with E-state index < -0.39 is 0 Å². The number of amides is 1. The quantitative estimate of drug-likeness (QED) is 0.674. The van der Waals surface area contributed by atoms with Gasteiger partial charge in [-0.1, -0.05) is 6.92 Å². The molecule has 0 radical (unpaired) electrons. The normalized spacial score (nSPS) is 11.9. The summed E-state index contributed by atoms with van der Waals surface area (Å²) in [6.07, 6.45) is 2.17. The van der Waals surface area contributed by atoms with Crippen LogP contribution in [0.15, 0.2) is 17.1 Å². The summed E-state index contributed by atoms with van der Waals surface area (Å²) in [6.45, 7) is 3.40. The van der Waals surface area contributed by atoms with Crippen molar-refractivity contribution in [3.05, 3.63) is 28.2 Å². The van der Waals surface area contributed by atoms with E-state index in [-0.39, 0.29) is 36.3 Å². The number of aromatic amines is 1. The minimum Gasteiger partial charge on any atom is -0.478 e. The summed E-state index contributed by atoms with van der Waals surface area (Å²) in [5.74, 6) is -0.207. The van der Waals surface area contributed by atoms with Gasteiger partial charge >= 0.3 is 0 Å². The monoisotopic (exact) mass is 254 g/mol. The van der Waals surface area contributed by atoms with Gasteiger partial charge in [0.15, 0.2) is 12.4 Å². The summed E-state index contributed by atoms with van der Waals surface area (Å²) in [5, 5.41) is 11.5. The van der Waals surface area contributed by atoms with Crippen LogP contribution in [0.2, 0.25) is 0 Å². The third-order valence-electron chi connectivity index (χ3n) is 2.49. The number of hydrogen-bond donors (Lipinski definition) is 3. The average Bonchev–Trinajstić information content (AvgIpc) is 2.36. The minimum atomic E-state index is -0.367. The lowest BCUT2D eigenvalue weighted by molar-refractivity contribution is -0.123. The van der Waals surface area contributed by atoms with Crippen LogP contribution in [0, 0.1) is 0 Å². The topological polar surface area (TPSA) is 91.4 Å². The summed E-state index contributed by atoms with van der Waals surface area (Å²) in [7, 11) is 0. The molecule has 0 aromatic carbocycles. The first-order valence-electron chi connectivity index (χ1n) is 5.81. The molecule has 1 rings (SSSR count). The van der Waals surface area contributed by atoms with Crippen LogP contribution in [-0.4, -0.2) is 28.6 Å². The molecular weight excluding hydrogens is 236 g/mol. The second kappa shape index (κ2) is 6.80. The van der Waals surface area contributed by atoms with Gasteiger partial charge in [-0.05, 0) is 13.3 Å². The van der Waals surface area contributed by atoms with Crippen molar-refractivity contribution in [1.29, 1.82) is 0 Å². The van der Waals surface area contributed by atoms with Crippen molar-refractivity contribution in [3.63, 3.8) is 0 Å². The first-order valence-corrected chi connectivity index (χ1v) is 5.81. The number of pyridine rings is 1. The molecule has 0 spiro atoms. The Morgan fingerprint density at radius 3 is 2.89 bits per heavy atom. The van der Waals surface area contributed by atoms with E-state index in [9.17, 15) is 9.59 Å². The highest BCUT2D eigenvalue weighted by atomic mass is 16.5. The van der Waals surface area contributed by atoms with Gasteiger partial charge in [-0.2, -0.15) is 0 Å². The smallest absolute Gasteiger partial charge is 0.258 e. The lowest BCUT2D eigenvalue weighted by Crippen LogP contribution is -2.36. The van der Waals surface area contributed by atoms with Crippen LogP contribution in [0.3, 0.4) is 0 Å². The van der Waals surface area contributed by atoms with Gasteiger partial charge in [0.25, 0.3) is 5.91 Å². The molecule has 0 aliphatic heterocycles. The fourth-order valence-corrected chi connectivity index (χ4v) is 1.27. The largest absolute Gasteiger partial charge is 0.478 e. The Kier molecular flexibility index (Phi) is 5.38. The van der Waals surface area contributed by atoms with Crippen LogP contribution in [-0.2, 0) is 11.4 Å².